The summed E-state index contributed by atoms with van der Waals surface area (Å²) in [6.45, 7) is 2.31. The normalized spacial score (nSPS) is 10.7. The summed E-state index contributed by atoms with van der Waals surface area (Å²) in [4.78, 5) is 13.2. The summed E-state index contributed by atoms with van der Waals surface area (Å²) in [5, 5.41) is 7.63. The number of amides is 1. The van der Waals surface area contributed by atoms with E-state index < -0.39 is 0 Å². The van der Waals surface area contributed by atoms with Crippen molar-refractivity contribution in [3.8, 4) is 34.4 Å². The molecule has 8 heteroatoms. The van der Waals surface area contributed by atoms with Crippen molar-refractivity contribution in [3.05, 3.63) is 77.7 Å². The Morgan fingerprint density at radius 2 is 1.71 bits per heavy atom. The van der Waals surface area contributed by atoms with Crippen LogP contribution in [-0.2, 0) is 6.42 Å². The lowest BCUT2D eigenvalue weighted by Crippen LogP contribution is -2.27. The van der Waals surface area contributed by atoms with E-state index in [1.54, 1.807) is 32.1 Å². The molecule has 0 saturated carbocycles. The van der Waals surface area contributed by atoms with Gasteiger partial charge in [-0.05, 0) is 67.4 Å². The third-order valence-electron chi connectivity index (χ3n) is 5.40. The Bertz CT molecular complexity index is 1270. The Morgan fingerprint density at radius 3 is 2.35 bits per heavy atom. The zero-order chi connectivity index (χ0) is 24.1. The van der Waals surface area contributed by atoms with Gasteiger partial charge in [0.15, 0.2) is 17.3 Å². The summed E-state index contributed by atoms with van der Waals surface area (Å²) < 4.78 is 23.2. The van der Waals surface area contributed by atoms with E-state index in [9.17, 15) is 4.79 Å². The molecule has 8 nitrogen and oxygen atoms in total. The Morgan fingerprint density at radius 1 is 0.941 bits per heavy atom. The van der Waals surface area contributed by atoms with E-state index in [1.165, 1.54) is 0 Å². The second-order valence-electron chi connectivity index (χ2n) is 7.63. The van der Waals surface area contributed by atoms with Crippen molar-refractivity contribution in [2.75, 3.05) is 27.9 Å². The summed E-state index contributed by atoms with van der Waals surface area (Å²) in [6.07, 6.45) is 0.632. The maximum atomic E-state index is 13.2. The van der Waals surface area contributed by atoms with Gasteiger partial charge in [0.2, 0.25) is 0 Å². The van der Waals surface area contributed by atoms with E-state index in [0.717, 1.165) is 22.8 Å². The number of ether oxygens (including phenoxy) is 3. The Balaban J connectivity index is 1.55. The molecule has 0 radical (unpaired) electrons. The van der Waals surface area contributed by atoms with Crippen molar-refractivity contribution in [2.45, 2.75) is 13.3 Å². The number of methoxy groups -OCH3 is 3. The minimum atomic E-state index is -0.238. The molecule has 2 heterocycles. The van der Waals surface area contributed by atoms with Gasteiger partial charge in [0.1, 0.15) is 22.9 Å². The number of hydrogen-bond acceptors (Lipinski definition) is 6. The van der Waals surface area contributed by atoms with Crippen LogP contribution >= 0.6 is 0 Å². The number of carbonyl (C=O) groups excluding carboxylic acids is 1. The van der Waals surface area contributed by atoms with Gasteiger partial charge in [-0.3, -0.25) is 4.79 Å². The summed E-state index contributed by atoms with van der Waals surface area (Å²) >= 11 is 0. The second kappa shape index (κ2) is 10.2. The van der Waals surface area contributed by atoms with Gasteiger partial charge in [-0.1, -0.05) is 6.07 Å². The van der Waals surface area contributed by atoms with Crippen LogP contribution in [0.3, 0.4) is 0 Å². The largest absolute Gasteiger partial charge is 0.497 e. The minimum Gasteiger partial charge on any atom is -0.497 e. The quantitative estimate of drug-likeness (QED) is 0.397. The average molecular weight is 462 g/mol. The predicted molar refractivity (Wildman–Crippen MR) is 128 cm³/mol. The molecule has 0 saturated heterocycles. The van der Waals surface area contributed by atoms with Crippen molar-refractivity contribution in [1.29, 1.82) is 0 Å². The van der Waals surface area contributed by atoms with Gasteiger partial charge < -0.3 is 23.9 Å². The molecule has 1 amide bonds. The van der Waals surface area contributed by atoms with Crippen LogP contribution in [-0.4, -0.2) is 43.6 Å². The lowest BCUT2D eigenvalue weighted by atomic mass is 10.1. The van der Waals surface area contributed by atoms with E-state index in [0.29, 0.717) is 41.6 Å². The Kier molecular flexibility index (Phi) is 6.87. The smallest absolute Gasteiger partial charge is 0.270 e. The highest BCUT2D eigenvalue weighted by molar-refractivity contribution is 5.94. The van der Waals surface area contributed by atoms with Crippen LogP contribution in [0.25, 0.3) is 17.1 Å². The van der Waals surface area contributed by atoms with Crippen molar-refractivity contribution >= 4 is 5.91 Å². The molecule has 4 aromatic rings. The molecule has 0 fully saturated rings. The van der Waals surface area contributed by atoms with Crippen molar-refractivity contribution < 1.29 is 23.4 Å². The molecule has 176 valence electrons. The third kappa shape index (κ3) is 4.91. The highest BCUT2D eigenvalue weighted by Gasteiger charge is 2.19. The third-order valence-corrected chi connectivity index (χ3v) is 5.40. The minimum absolute atomic E-state index is 0.238. The number of hydrogen-bond donors (Lipinski definition) is 1. The van der Waals surface area contributed by atoms with E-state index in [2.05, 4.69) is 10.4 Å². The van der Waals surface area contributed by atoms with Crippen LogP contribution in [0.5, 0.6) is 17.2 Å². The summed E-state index contributed by atoms with van der Waals surface area (Å²) in [5.74, 6) is 3.18. The maximum absolute atomic E-state index is 13.2. The SMILES string of the molecule is COc1ccc(-n2nc(-c3ccc(C)o3)cc2C(=O)NCCc2ccc(OC)c(OC)c2)cc1. The van der Waals surface area contributed by atoms with Crippen LogP contribution < -0.4 is 19.5 Å². The molecule has 2 aromatic heterocycles. The molecule has 0 aliphatic carbocycles. The number of aromatic nitrogens is 2. The summed E-state index contributed by atoms with van der Waals surface area (Å²) in [6, 6.07) is 18.5. The second-order valence-corrected chi connectivity index (χ2v) is 7.63. The van der Waals surface area contributed by atoms with Crippen LogP contribution in [0, 0.1) is 6.92 Å². The number of carbonyl (C=O) groups is 1. The van der Waals surface area contributed by atoms with Gasteiger partial charge in [-0.15, -0.1) is 0 Å². The Labute approximate surface area is 198 Å². The van der Waals surface area contributed by atoms with Gasteiger partial charge in [-0.2, -0.15) is 5.10 Å². The average Bonchev–Trinajstić information content (AvgIpc) is 3.50. The molecule has 0 bridgehead atoms. The van der Waals surface area contributed by atoms with Crippen LogP contribution in [0.2, 0.25) is 0 Å². The Hall–Kier alpha value is -4.20. The molecular weight excluding hydrogens is 434 g/mol. The molecule has 0 unspecified atom stereocenters. The van der Waals surface area contributed by atoms with Crippen LogP contribution in [0.1, 0.15) is 21.8 Å². The zero-order valence-corrected chi connectivity index (χ0v) is 19.6. The van der Waals surface area contributed by atoms with Gasteiger partial charge in [-0.25, -0.2) is 4.68 Å². The molecular formula is C26H27N3O5. The number of benzene rings is 2. The molecule has 0 aliphatic heterocycles. The molecule has 1 N–H and O–H groups in total. The van der Waals surface area contributed by atoms with E-state index in [-0.39, 0.29) is 5.91 Å². The molecule has 0 spiro atoms. The predicted octanol–water partition coefficient (Wildman–Crippen LogP) is 4.44. The highest BCUT2D eigenvalue weighted by Crippen LogP contribution is 2.28. The number of aryl methyl sites for hydroxylation is 1. The summed E-state index contributed by atoms with van der Waals surface area (Å²) in [5.41, 5.74) is 2.74. The molecule has 34 heavy (non-hydrogen) atoms. The van der Waals surface area contributed by atoms with Crippen LogP contribution in [0.4, 0.5) is 0 Å². The molecule has 2 aromatic carbocycles. The van der Waals surface area contributed by atoms with Gasteiger partial charge >= 0.3 is 0 Å². The molecule has 4 rings (SSSR count). The number of furan rings is 1. The lowest BCUT2D eigenvalue weighted by molar-refractivity contribution is 0.0946. The first-order chi connectivity index (χ1) is 16.5. The lowest BCUT2D eigenvalue weighted by Gasteiger charge is -2.11. The van der Waals surface area contributed by atoms with E-state index >= 15 is 0 Å². The van der Waals surface area contributed by atoms with Gasteiger partial charge in [0.25, 0.3) is 5.91 Å². The van der Waals surface area contributed by atoms with Gasteiger partial charge in [0.05, 0.1) is 27.0 Å². The maximum Gasteiger partial charge on any atom is 0.270 e. The molecule has 0 aliphatic rings. The monoisotopic (exact) mass is 461 g/mol. The fourth-order valence-corrected chi connectivity index (χ4v) is 3.60. The fourth-order valence-electron chi connectivity index (χ4n) is 3.60. The van der Waals surface area contributed by atoms with Crippen molar-refractivity contribution in [1.82, 2.24) is 15.1 Å². The summed E-state index contributed by atoms with van der Waals surface area (Å²) in [7, 11) is 4.81. The number of nitrogens with zero attached hydrogens (tertiary/aromatic N) is 2. The standard InChI is InChI=1S/C26H27N3O5/c1-17-5-11-23(34-17)21-16-22(29(28-21)19-7-9-20(31-2)10-8-19)26(30)27-14-13-18-6-12-24(32-3)25(15-18)33-4/h5-12,15-16H,13-14H2,1-4H3,(H,27,30). The van der Waals surface area contributed by atoms with Crippen molar-refractivity contribution in [3.63, 3.8) is 0 Å². The van der Waals surface area contributed by atoms with Gasteiger partial charge in [0, 0.05) is 12.6 Å². The number of rotatable bonds is 9. The van der Waals surface area contributed by atoms with E-state index in [1.807, 2.05) is 61.5 Å². The fraction of sp³-hybridized carbons (Fsp3) is 0.231. The molecule has 0 atom stereocenters. The zero-order valence-electron chi connectivity index (χ0n) is 19.6. The van der Waals surface area contributed by atoms with E-state index in [4.69, 9.17) is 18.6 Å². The van der Waals surface area contributed by atoms with Crippen LogP contribution in [0.15, 0.2) is 65.1 Å². The first-order valence-corrected chi connectivity index (χ1v) is 10.8. The topological polar surface area (TPSA) is 87.8 Å². The highest BCUT2D eigenvalue weighted by atomic mass is 16.5. The number of nitrogens with one attached hydrogen (secondary N) is 1. The first kappa shape index (κ1) is 23.0. The van der Waals surface area contributed by atoms with Crippen molar-refractivity contribution in [2.24, 2.45) is 0 Å². The first-order valence-electron chi connectivity index (χ1n) is 10.8.